The van der Waals surface area contributed by atoms with Gasteiger partial charge < -0.3 is 0 Å². The Morgan fingerprint density at radius 3 is 1.00 bits per heavy atom. The summed E-state index contributed by atoms with van der Waals surface area (Å²) in [6, 6.07) is 17.5. The molecule has 0 aliphatic carbocycles. The molecule has 0 aliphatic heterocycles. The Hall–Kier alpha value is -2.58. The maximum Gasteiger partial charge on any atom is 0.416 e. The second-order valence-corrected chi connectivity index (χ2v) is 8.65. The molecule has 2 aromatic heterocycles. The van der Waals surface area contributed by atoms with Crippen molar-refractivity contribution < 1.29 is 26.3 Å². The van der Waals surface area contributed by atoms with Crippen LogP contribution >= 0.6 is 22.7 Å². The topological polar surface area (TPSA) is 0 Å². The highest BCUT2D eigenvalue weighted by Crippen LogP contribution is 2.41. The van der Waals surface area contributed by atoms with E-state index >= 15 is 0 Å². The van der Waals surface area contributed by atoms with Gasteiger partial charge in [-0.05, 0) is 59.7 Å². The van der Waals surface area contributed by atoms with E-state index < -0.39 is 23.5 Å². The van der Waals surface area contributed by atoms with E-state index in [0.717, 1.165) is 43.8 Å². The summed E-state index contributed by atoms with van der Waals surface area (Å²) in [5.41, 5.74) is 0.00229. The molecule has 0 nitrogen and oxygen atoms in total. The van der Waals surface area contributed by atoms with Crippen LogP contribution in [-0.2, 0) is 12.4 Å². The number of alkyl halides is 6. The molecule has 0 spiro atoms. The summed E-state index contributed by atoms with van der Waals surface area (Å²) >= 11 is 2.89. The Morgan fingerprint density at radius 1 is 0.400 bits per heavy atom. The van der Waals surface area contributed by atoms with Gasteiger partial charge in [-0.15, -0.1) is 22.7 Å². The molecule has 4 aromatic rings. The number of hydrogen-bond donors (Lipinski definition) is 0. The fourth-order valence-corrected chi connectivity index (χ4v) is 5.01. The third kappa shape index (κ3) is 4.29. The van der Waals surface area contributed by atoms with Crippen LogP contribution < -0.4 is 0 Å². The van der Waals surface area contributed by atoms with Crippen LogP contribution in [0.5, 0.6) is 0 Å². The average Bonchev–Trinajstić information content (AvgIpc) is 3.36. The zero-order chi connectivity index (χ0) is 21.5. The van der Waals surface area contributed by atoms with Crippen molar-refractivity contribution in [2.75, 3.05) is 0 Å². The summed E-state index contributed by atoms with van der Waals surface area (Å²) in [4.78, 5) is 3.55. The fraction of sp³-hybridized carbons (Fsp3) is 0.0909. The maximum absolute atomic E-state index is 12.7. The lowest BCUT2D eigenvalue weighted by atomic mass is 10.1. The SMILES string of the molecule is FC(F)(F)c1ccc(-c2ccc(-c3ccc(-c4ccc(C(F)(F)F)cc4)s3)s2)cc1. The lowest BCUT2D eigenvalue weighted by molar-refractivity contribution is -0.138. The molecular weight excluding hydrogens is 442 g/mol. The van der Waals surface area contributed by atoms with Gasteiger partial charge >= 0.3 is 12.4 Å². The quantitative estimate of drug-likeness (QED) is 0.271. The van der Waals surface area contributed by atoms with Crippen LogP contribution in [0.15, 0.2) is 72.8 Å². The van der Waals surface area contributed by atoms with Gasteiger partial charge in [0.15, 0.2) is 0 Å². The molecule has 0 saturated carbocycles. The molecule has 4 rings (SSSR count). The maximum atomic E-state index is 12.7. The Labute approximate surface area is 176 Å². The van der Waals surface area contributed by atoms with E-state index in [1.165, 1.54) is 46.9 Å². The normalized spacial score (nSPS) is 12.3. The van der Waals surface area contributed by atoms with Crippen LogP contribution in [0.4, 0.5) is 26.3 Å². The standard InChI is InChI=1S/C22H12F6S2/c23-21(24,25)15-5-1-13(2-6-15)17-9-11-19(29-17)20-12-10-18(30-20)14-3-7-16(8-4-14)22(26,27)28/h1-12H. The molecule has 0 amide bonds. The summed E-state index contributed by atoms with van der Waals surface area (Å²) in [7, 11) is 0. The van der Waals surface area contributed by atoms with E-state index in [0.29, 0.717) is 11.1 Å². The van der Waals surface area contributed by atoms with E-state index in [-0.39, 0.29) is 0 Å². The van der Waals surface area contributed by atoms with Crippen molar-refractivity contribution in [2.45, 2.75) is 12.4 Å². The van der Waals surface area contributed by atoms with Gasteiger partial charge in [-0.3, -0.25) is 0 Å². The van der Waals surface area contributed by atoms with Crippen molar-refractivity contribution in [1.82, 2.24) is 0 Å². The molecule has 0 bridgehead atoms. The van der Waals surface area contributed by atoms with Gasteiger partial charge in [0.1, 0.15) is 0 Å². The largest absolute Gasteiger partial charge is 0.416 e. The Balaban J connectivity index is 1.56. The predicted octanol–water partition coefficient (Wildman–Crippen LogP) is 8.85. The summed E-state index contributed by atoms with van der Waals surface area (Å²) < 4.78 is 76.3. The first kappa shape index (κ1) is 20.7. The zero-order valence-corrected chi connectivity index (χ0v) is 16.6. The lowest BCUT2D eigenvalue weighted by Crippen LogP contribution is -2.03. The van der Waals surface area contributed by atoms with Crippen LogP contribution in [0, 0.1) is 0 Å². The van der Waals surface area contributed by atoms with Gasteiger partial charge in [0.2, 0.25) is 0 Å². The molecule has 2 aromatic carbocycles. The second-order valence-electron chi connectivity index (χ2n) is 6.48. The summed E-state index contributed by atoms with van der Waals surface area (Å²) in [6.07, 6.45) is -8.74. The van der Waals surface area contributed by atoms with Gasteiger partial charge in [-0.25, -0.2) is 0 Å². The van der Waals surface area contributed by atoms with Crippen molar-refractivity contribution in [1.29, 1.82) is 0 Å². The first-order valence-corrected chi connectivity index (χ1v) is 10.3. The van der Waals surface area contributed by atoms with Crippen LogP contribution in [-0.4, -0.2) is 0 Å². The predicted molar refractivity (Wildman–Crippen MR) is 109 cm³/mol. The highest BCUT2D eigenvalue weighted by molar-refractivity contribution is 7.25. The molecule has 0 aliphatic rings. The number of halogens is 6. The summed E-state index contributed by atoms with van der Waals surface area (Å²) in [6.45, 7) is 0. The Kier molecular flexibility index (Phi) is 5.23. The third-order valence-electron chi connectivity index (χ3n) is 4.45. The number of thiophene rings is 2. The molecule has 154 valence electrons. The smallest absolute Gasteiger partial charge is 0.166 e. The highest BCUT2D eigenvalue weighted by atomic mass is 32.1. The second kappa shape index (κ2) is 7.59. The van der Waals surface area contributed by atoms with Gasteiger partial charge in [-0.2, -0.15) is 26.3 Å². The van der Waals surface area contributed by atoms with Crippen molar-refractivity contribution in [2.24, 2.45) is 0 Å². The Bertz CT molecular complexity index is 1050. The third-order valence-corrected chi connectivity index (χ3v) is 6.91. The molecule has 0 unspecified atom stereocenters. The molecule has 2 heterocycles. The van der Waals surface area contributed by atoms with Crippen molar-refractivity contribution in [3.63, 3.8) is 0 Å². The minimum absolute atomic E-state index is 0.692. The van der Waals surface area contributed by atoms with E-state index in [9.17, 15) is 26.3 Å². The Morgan fingerprint density at radius 2 is 0.700 bits per heavy atom. The summed E-state index contributed by atoms with van der Waals surface area (Å²) in [5.74, 6) is 0. The highest BCUT2D eigenvalue weighted by Gasteiger charge is 2.30. The first-order chi connectivity index (χ1) is 14.1. The average molecular weight is 454 g/mol. The minimum atomic E-state index is -4.37. The number of rotatable bonds is 3. The molecule has 0 atom stereocenters. The zero-order valence-electron chi connectivity index (χ0n) is 15.0. The van der Waals surface area contributed by atoms with E-state index in [2.05, 4.69) is 0 Å². The van der Waals surface area contributed by atoms with Crippen LogP contribution in [0.3, 0.4) is 0 Å². The van der Waals surface area contributed by atoms with Crippen molar-refractivity contribution in [3.05, 3.63) is 83.9 Å². The minimum Gasteiger partial charge on any atom is -0.166 e. The summed E-state index contributed by atoms with van der Waals surface area (Å²) in [5, 5.41) is 0. The van der Waals surface area contributed by atoms with Gasteiger partial charge in [0.05, 0.1) is 11.1 Å². The van der Waals surface area contributed by atoms with E-state index in [1.807, 2.05) is 24.3 Å². The van der Waals surface area contributed by atoms with Gasteiger partial charge in [0, 0.05) is 19.5 Å². The van der Waals surface area contributed by atoms with Crippen molar-refractivity contribution >= 4 is 22.7 Å². The van der Waals surface area contributed by atoms with Crippen molar-refractivity contribution in [3.8, 4) is 30.6 Å². The van der Waals surface area contributed by atoms with Crippen LogP contribution in [0.25, 0.3) is 30.6 Å². The fourth-order valence-electron chi connectivity index (χ4n) is 2.90. The van der Waals surface area contributed by atoms with E-state index in [4.69, 9.17) is 0 Å². The first-order valence-electron chi connectivity index (χ1n) is 8.66. The van der Waals surface area contributed by atoms with E-state index in [1.54, 1.807) is 0 Å². The molecule has 0 saturated heterocycles. The lowest BCUT2D eigenvalue weighted by Gasteiger charge is -2.06. The molecule has 0 radical (unpaired) electrons. The monoisotopic (exact) mass is 454 g/mol. The van der Waals surface area contributed by atoms with Crippen LogP contribution in [0.1, 0.15) is 11.1 Å². The van der Waals surface area contributed by atoms with Gasteiger partial charge in [0.25, 0.3) is 0 Å². The molecule has 30 heavy (non-hydrogen) atoms. The molecule has 0 N–H and O–H groups in total. The van der Waals surface area contributed by atoms with Gasteiger partial charge in [-0.1, -0.05) is 24.3 Å². The molecular formula is C22H12F6S2. The van der Waals surface area contributed by atoms with Crippen LogP contribution in [0.2, 0.25) is 0 Å². The molecule has 8 heteroatoms. The number of hydrogen-bond acceptors (Lipinski definition) is 2. The molecule has 0 fully saturated rings. The number of benzene rings is 2.